The van der Waals surface area contributed by atoms with E-state index in [9.17, 15) is 4.79 Å². The fraction of sp³-hybridized carbons (Fsp3) is 0.133. The summed E-state index contributed by atoms with van der Waals surface area (Å²) in [4.78, 5) is 14.2. The van der Waals surface area contributed by atoms with Gasteiger partial charge in [0.25, 0.3) is 5.91 Å². The minimum absolute atomic E-state index is 0.108. The Balaban J connectivity index is 2.36. The standard InChI is InChI=1S/C15H15ClN2O/c1-2-18(14-6-4-3-5-7-14)15(19)11-8-12(16)10-13(17)9-11/h3-10H,2,17H2,1H3. The molecule has 0 spiro atoms. The van der Waals surface area contributed by atoms with Crippen LogP contribution < -0.4 is 10.6 Å². The average Bonchev–Trinajstić information content (AvgIpc) is 2.39. The highest BCUT2D eigenvalue weighted by atomic mass is 35.5. The number of anilines is 2. The van der Waals surface area contributed by atoms with Crippen LogP contribution in [0.15, 0.2) is 48.5 Å². The Morgan fingerprint density at radius 3 is 2.47 bits per heavy atom. The minimum atomic E-state index is -0.108. The lowest BCUT2D eigenvalue weighted by Gasteiger charge is -2.21. The van der Waals surface area contributed by atoms with E-state index in [4.69, 9.17) is 17.3 Å². The number of para-hydroxylation sites is 1. The first-order chi connectivity index (χ1) is 9.11. The molecule has 1 amide bonds. The number of nitrogens with zero attached hydrogens (tertiary/aromatic N) is 1. The molecule has 0 aromatic heterocycles. The lowest BCUT2D eigenvalue weighted by Crippen LogP contribution is -2.30. The van der Waals surface area contributed by atoms with E-state index in [1.54, 1.807) is 23.1 Å². The third kappa shape index (κ3) is 3.06. The van der Waals surface area contributed by atoms with E-state index in [1.165, 1.54) is 0 Å². The van der Waals surface area contributed by atoms with Crippen molar-refractivity contribution >= 4 is 28.9 Å². The Morgan fingerprint density at radius 1 is 1.21 bits per heavy atom. The van der Waals surface area contributed by atoms with Gasteiger partial charge in [-0.25, -0.2) is 0 Å². The SMILES string of the molecule is CCN(C(=O)c1cc(N)cc(Cl)c1)c1ccccc1. The highest BCUT2D eigenvalue weighted by Gasteiger charge is 2.16. The van der Waals surface area contributed by atoms with Crippen molar-refractivity contribution in [1.29, 1.82) is 0 Å². The number of hydrogen-bond acceptors (Lipinski definition) is 2. The highest BCUT2D eigenvalue weighted by molar-refractivity contribution is 6.31. The molecule has 2 aromatic rings. The zero-order chi connectivity index (χ0) is 13.8. The third-order valence-corrected chi connectivity index (χ3v) is 3.01. The van der Waals surface area contributed by atoms with Gasteiger partial charge in [-0.3, -0.25) is 4.79 Å². The molecule has 0 aliphatic carbocycles. The molecule has 0 saturated heterocycles. The van der Waals surface area contributed by atoms with Crippen LogP contribution in [0.5, 0.6) is 0 Å². The normalized spacial score (nSPS) is 10.2. The van der Waals surface area contributed by atoms with Crippen LogP contribution in [0.1, 0.15) is 17.3 Å². The van der Waals surface area contributed by atoms with Gasteiger partial charge in [-0.15, -0.1) is 0 Å². The Labute approximate surface area is 117 Å². The third-order valence-electron chi connectivity index (χ3n) is 2.80. The molecule has 0 saturated carbocycles. The first-order valence-corrected chi connectivity index (χ1v) is 6.42. The Bertz CT molecular complexity index is 564. The molecule has 2 aromatic carbocycles. The lowest BCUT2D eigenvalue weighted by molar-refractivity contribution is 0.0988. The zero-order valence-corrected chi connectivity index (χ0v) is 11.4. The van der Waals surface area contributed by atoms with Crippen LogP contribution in [0.2, 0.25) is 5.02 Å². The number of halogens is 1. The van der Waals surface area contributed by atoms with Gasteiger partial charge in [0.15, 0.2) is 0 Å². The second-order valence-electron chi connectivity index (χ2n) is 4.16. The fourth-order valence-electron chi connectivity index (χ4n) is 1.94. The molecular weight excluding hydrogens is 260 g/mol. The molecule has 0 unspecified atom stereocenters. The van der Waals surface area contributed by atoms with Gasteiger partial charge in [-0.05, 0) is 37.3 Å². The van der Waals surface area contributed by atoms with Gasteiger partial charge in [0.2, 0.25) is 0 Å². The molecule has 0 radical (unpaired) electrons. The summed E-state index contributed by atoms with van der Waals surface area (Å²) in [5.41, 5.74) is 7.56. The maximum absolute atomic E-state index is 12.5. The largest absolute Gasteiger partial charge is 0.399 e. The van der Waals surface area contributed by atoms with Gasteiger partial charge >= 0.3 is 0 Å². The number of hydrogen-bond donors (Lipinski definition) is 1. The smallest absolute Gasteiger partial charge is 0.258 e. The van der Waals surface area contributed by atoms with E-state index in [1.807, 2.05) is 37.3 Å². The average molecular weight is 275 g/mol. The molecule has 0 aliphatic heterocycles. The number of nitrogens with two attached hydrogens (primary N) is 1. The van der Waals surface area contributed by atoms with Crippen LogP contribution >= 0.6 is 11.6 Å². The number of nitrogen functional groups attached to an aromatic ring is 1. The summed E-state index contributed by atoms with van der Waals surface area (Å²) in [6.07, 6.45) is 0. The van der Waals surface area contributed by atoms with Crippen molar-refractivity contribution in [3.05, 3.63) is 59.1 Å². The lowest BCUT2D eigenvalue weighted by atomic mass is 10.1. The van der Waals surface area contributed by atoms with E-state index >= 15 is 0 Å². The number of carbonyl (C=O) groups is 1. The van der Waals surface area contributed by atoms with Gasteiger partial charge in [-0.2, -0.15) is 0 Å². The summed E-state index contributed by atoms with van der Waals surface area (Å²) < 4.78 is 0. The predicted octanol–water partition coefficient (Wildman–Crippen LogP) is 3.59. The number of amides is 1. The van der Waals surface area contributed by atoms with Crippen molar-refractivity contribution in [1.82, 2.24) is 0 Å². The molecule has 4 heteroatoms. The highest BCUT2D eigenvalue weighted by Crippen LogP contribution is 2.21. The summed E-state index contributed by atoms with van der Waals surface area (Å²) in [5, 5.41) is 0.465. The molecule has 0 atom stereocenters. The molecule has 0 fully saturated rings. The van der Waals surface area contributed by atoms with E-state index in [0.29, 0.717) is 22.8 Å². The van der Waals surface area contributed by atoms with E-state index in [2.05, 4.69) is 0 Å². The molecule has 0 aliphatic rings. The van der Waals surface area contributed by atoms with Gasteiger partial charge in [-0.1, -0.05) is 29.8 Å². The van der Waals surface area contributed by atoms with E-state index in [-0.39, 0.29) is 5.91 Å². The van der Waals surface area contributed by atoms with Crippen molar-refractivity contribution < 1.29 is 4.79 Å². The van der Waals surface area contributed by atoms with Crippen molar-refractivity contribution in [3.8, 4) is 0 Å². The summed E-state index contributed by atoms with van der Waals surface area (Å²) in [6, 6.07) is 14.4. The summed E-state index contributed by atoms with van der Waals surface area (Å²) >= 11 is 5.94. The molecule has 0 heterocycles. The Morgan fingerprint density at radius 2 is 1.89 bits per heavy atom. The molecule has 2 N–H and O–H groups in total. The van der Waals surface area contributed by atoms with Crippen molar-refractivity contribution in [2.75, 3.05) is 17.2 Å². The molecule has 19 heavy (non-hydrogen) atoms. The molecular formula is C15H15ClN2O. The maximum atomic E-state index is 12.5. The summed E-state index contributed by atoms with van der Waals surface area (Å²) in [6.45, 7) is 2.51. The minimum Gasteiger partial charge on any atom is -0.399 e. The summed E-state index contributed by atoms with van der Waals surface area (Å²) in [5.74, 6) is -0.108. The first-order valence-electron chi connectivity index (χ1n) is 6.05. The van der Waals surface area contributed by atoms with E-state index < -0.39 is 0 Å². The number of benzene rings is 2. The fourth-order valence-corrected chi connectivity index (χ4v) is 2.19. The predicted molar refractivity (Wildman–Crippen MR) is 79.7 cm³/mol. The maximum Gasteiger partial charge on any atom is 0.258 e. The van der Waals surface area contributed by atoms with Crippen LogP contribution in [0.25, 0.3) is 0 Å². The van der Waals surface area contributed by atoms with Gasteiger partial charge in [0.05, 0.1) is 0 Å². The molecule has 98 valence electrons. The molecule has 3 nitrogen and oxygen atoms in total. The molecule has 0 bridgehead atoms. The van der Waals surface area contributed by atoms with Crippen molar-refractivity contribution in [2.45, 2.75) is 6.92 Å². The van der Waals surface area contributed by atoms with E-state index in [0.717, 1.165) is 5.69 Å². The Hall–Kier alpha value is -2.00. The Kier molecular flexibility index (Phi) is 4.07. The van der Waals surface area contributed by atoms with Crippen molar-refractivity contribution in [2.24, 2.45) is 0 Å². The van der Waals surface area contributed by atoms with Crippen molar-refractivity contribution in [3.63, 3.8) is 0 Å². The number of carbonyl (C=O) groups excluding carboxylic acids is 1. The van der Waals surface area contributed by atoms with Crippen LogP contribution in [0.3, 0.4) is 0 Å². The second kappa shape index (κ2) is 5.76. The van der Waals surface area contributed by atoms with Crippen LogP contribution in [-0.2, 0) is 0 Å². The van der Waals surface area contributed by atoms with Crippen LogP contribution in [0.4, 0.5) is 11.4 Å². The zero-order valence-electron chi connectivity index (χ0n) is 10.6. The molecule has 2 rings (SSSR count). The first kappa shape index (κ1) is 13.4. The van der Waals surface area contributed by atoms with Crippen LogP contribution in [0, 0.1) is 0 Å². The van der Waals surface area contributed by atoms with Crippen LogP contribution in [-0.4, -0.2) is 12.5 Å². The second-order valence-corrected chi connectivity index (χ2v) is 4.59. The van der Waals surface area contributed by atoms with Gasteiger partial charge in [0, 0.05) is 28.5 Å². The van der Waals surface area contributed by atoms with Gasteiger partial charge in [0.1, 0.15) is 0 Å². The van der Waals surface area contributed by atoms with Gasteiger partial charge < -0.3 is 10.6 Å². The topological polar surface area (TPSA) is 46.3 Å². The monoisotopic (exact) mass is 274 g/mol. The quantitative estimate of drug-likeness (QED) is 0.870. The number of rotatable bonds is 3. The summed E-state index contributed by atoms with van der Waals surface area (Å²) in [7, 11) is 0.